The van der Waals surface area contributed by atoms with Crippen molar-refractivity contribution in [2.24, 2.45) is 11.3 Å². The Morgan fingerprint density at radius 3 is 2.67 bits per heavy atom. The van der Waals surface area contributed by atoms with Gasteiger partial charge in [-0.15, -0.1) is 23.5 Å². The van der Waals surface area contributed by atoms with E-state index in [0.29, 0.717) is 6.61 Å². The van der Waals surface area contributed by atoms with Crippen molar-refractivity contribution in [2.45, 2.75) is 68.0 Å². The van der Waals surface area contributed by atoms with E-state index in [1.165, 1.54) is 11.5 Å². The molecular formula is C16H26O3S2. The highest BCUT2D eigenvalue weighted by Gasteiger charge is 2.76. The number of rotatable bonds is 2. The van der Waals surface area contributed by atoms with Crippen LogP contribution in [0, 0.1) is 11.3 Å². The van der Waals surface area contributed by atoms with Gasteiger partial charge in [0.25, 0.3) is 0 Å². The van der Waals surface area contributed by atoms with Gasteiger partial charge in [-0.1, -0.05) is 13.8 Å². The van der Waals surface area contributed by atoms with Crippen LogP contribution >= 0.6 is 23.5 Å². The maximum atomic E-state index is 11.8. The fourth-order valence-electron chi connectivity index (χ4n) is 5.41. The van der Waals surface area contributed by atoms with Gasteiger partial charge in [0, 0.05) is 30.5 Å². The molecule has 0 amide bonds. The van der Waals surface area contributed by atoms with Crippen molar-refractivity contribution < 1.29 is 14.6 Å². The number of hydrogen-bond donors (Lipinski definition) is 1. The van der Waals surface area contributed by atoms with Crippen molar-refractivity contribution in [1.82, 2.24) is 0 Å². The third-order valence-corrected chi connectivity index (χ3v) is 10.0. The third kappa shape index (κ3) is 1.70. The summed E-state index contributed by atoms with van der Waals surface area (Å²) in [7, 11) is 0. The molecule has 21 heavy (non-hydrogen) atoms. The zero-order chi connectivity index (χ0) is 14.9. The van der Waals surface area contributed by atoms with Crippen molar-refractivity contribution in [1.29, 1.82) is 0 Å². The molecule has 4 aliphatic rings. The van der Waals surface area contributed by atoms with Crippen LogP contribution in [0.15, 0.2) is 0 Å². The van der Waals surface area contributed by atoms with Crippen LogP contribution in [0.4, 0.5) is 0 Å². The molecule has 3 aliphatic heterocycles. The molecule has 0 aromatic rings. The molecule has 4 fully saturated rings. The van der Waals surface area contributed by atoms with Crippen molar-refractivity contribution >= 4 is 23.5 Å². The summed E-state index contributed by atoms with van der Waals surface area (Å²) in [5, 5.41) is 11.8. The Kier molecular flexibility index (Phi) is 3.45. The average Bonchev–Trinajstić information content (AvgIpc) is 3.13. The van der Waals surface area contributed by atoms with Crippen LogP contribution in [-0.2, 0) is 9.47 Å². The molecule has 3 heterocycles. The van der Waals surface area contributed by atoms with Gasteiger partial charge in [0.05, 0.1) is 33.4 Å². The lowest BCUT2D eigenvalue weighted by Gasteiger charge is -2.53. The Morgan fingerprint density at radius 2 is 2.00 bits per heavy atom. The summed E-state index contributed by atoms with van der Waals surface area (Å²) < 4.78 is 12.6. The number of thioether (sulfide) groups is 2. The SMILES string of the molecule is CCO[C@@H]1C2(C[C@]3(O)[C@@H](C)[C@H]4CC[C@H](O4)[C@]13C)SCCS2. The van der Waals surface area contributed by atoms with Crippen LogP contribution in [0.2, 0.25) is 0 Å². The maximum absolute atomic E-state index is 11.8. The molecule has 0 radical (unpaired) electrons. The maximum Gasteiger partial charge on any atom is 0.0920 e. The Bertz CT molecular complexity index is 439. The minimum absolute atomic E-state index is 0.0294. The minimum Gasteiger partial charge on any atom is -0.389 e. The van der Waals surface area contributed by atoms with E-state index in [1.54, 1.807) is 0 Å². The smallest absolute Gasteiger partial charge is 0.0920 e. The lowest BCUT2D eigenvalue weighted by Crippen LogP contribution is -2.63. The van der Waals surface area contributed by atoms with Gasteiger partial charge in [-0.25, -0.2) is 0 Å². The second-order valence-corrected chi connectivity index (χ2v) is 10.4. The molecule has 1 aliphatic carbocycles. The number of aliphatic hydroxyl groups is 1. The lowest BCUT2D eigenvalue weighted by molar-refractivity contribution is -0.247. The van der Waals surface area contributed by atoms with E-state index >= 15 is 0 Å². The molecule has 120 valence electrons. The minimum atomic E-state index is -0.652. The molecule has 1 N–H and O–H groups in total. The van der Waals surface area contributed by atoms with Gasteiger partial charge in [-0.2, -0.15) is 0 Å². The topological polar surface area (TPSA) is 38.7 Å². The second kappa shape index (κ2) is 4.79. The van der Waals surface area contributed by atoms with Gasteiger partial charge < -0.3 is 14.6 Å². The average molecular weight is 331 g/mol. The standard InChI is InChI=1S/C16H26O3S2/c1-4-18-13-14(3)12-6-5-11(19-12)10(2)15(14,17)9-16(13)20-7-8-21-16/h10-13,17H,4-9H2,1-3H3/t10-,11+,12-,13-,14+,15-/m0/s1. The van der Waals surface area contributed by atoms with Crippen LogP contribution in [0.25, 0.3) is 0 Å². The number of fused-ring (bicyclic) bond motifs is 4. The number of ether oxygens (including phenoxy) is 2. The largest absolute Gasteiger partial charge is 0.389 e. The van der Waals surface area contributed by atoms with Crippen LogP contribution in [-0.4, -0.2) is 51.2 Å². The Hall–Kier alpha value is 0.580. The van der Waals surface area contributed by atoms with Crippen molar-refractivity contribution in [3.63, 3.8) is 0 Å². The fourth-order valence-corrected chi connectivity index (χ4v) is 9.18. The summed E-state index contributed by atoms with van der Waals surface area (Å²) in [6.45, 7) is 7.22. The molecule has 5 heteroatoms. The highest BCUT2D eigenvalue weighted by Crippen LogP contribution is 2.71. The van der Waals surface area contributed by atoms with E-state index in [1.807, 2.05) is 23.5 Å². The molecule has 3 nitrogen and oxygen atoms in total. The van der Waals surface area contributed by atoms with Crippen LogP contribution in [0.3, 0.4) is 0 Å². The molecule has 6 atom stereocenters. The first-order valence-electron chi connectivity index (χ1n) is 8.25. The molecular weight excluding hydrogens is 304 g/mol. The molecule has 0 aromatic carbocycles. The summed E-state index contributed by atoms with van der Waals surface area (Å²) in [6, 6.07) is 0. The van der Waals surface area contributed by atoms with Crippen LogP contribution in [0.1, 0.15) is 40.0 Å². The summed E-state index contributed by atoms with van der Waals surface area (Å²) in [5.74, 6) is 2.54. The first-order valence-corrected chi connectivity index (χ1v) is 10.2. The van der Waals surface area contributed by atoms with E-state index in [0.717, 1.165) is 19.3 Å². The predicted octanol–water partition coefficient (Wildman–Crippen LogP) is 2.91. The van der Waals surface area contributed by atoms with Crippen molar-refractivity contribution in [2.75, 3.05) is 18.1 Å². The normalized spacial score (nSPS) is 54.3. The Balaban J connectivity index is 1.82. The zero-order valence-corrected chi connectivity index (χ0v) is 14.8. The van der Waals surface area contributed by atoms with Crippen LogP contribution < -0.4 is 0 Å². The Morgan fingerprint density at radius 1 is 1.29 bits per heavy atom. The van der Waals surface area contributed by atoms with Gasteiger partial charge in [-0.3, -0.25) is 0 Å². The second-order valence-electron chi connectivity index (χ2n) is 7.26. The van der Waals surface area contributed by atoms with Crippen LogP contribution in [0.5, 0.6) is 0 Å². The molecule has 0 aromatic heterocycles. The lowest BCUT2D eigenvalue weighted by atomic mass is 9.64. The van der Waals surface area contributed by atoms with E-state index in [-0.39, 0.29) is 33.7 Å². The van der Waals surface area contributed by atoms with Crippen molar-refractivity contribution in [3.8, 4) is 0 Å². The van der Waals surface area contributed by atoms with Crippen molar-refractivity contribution in [3.05, 3.63) is 0 Å². The summed E-state index contributed by atoms with van der Waals surface area (Å²) in [6.07, 6.45) is 3.50. The van der Waals surface area contributed by atoms with Gasteiger partial charge in [0.1, 0.15) is 0 Å². The predicted molar refractivity (Wildman–Crippen MR) is 87.8 cm³/mol. The van der Waals surface area contributed by atoms with Gasteiger partial charge in [0.2, 0.25) is 0 Å². The van der Waals surface area contributed by atoms with E-state index in [9.17, 15) is 5.11 Å². The quantitative estimate of drug-likeness (QED) is 0.843. The molecule has 2 bridgehead atoms. The Labute approximate surface area is 135 Å². The monoisotopic (exact) mass is 330 g/mol. The van der Waals surface area contributed by atoms with Gasteiger partial charge >= 0.3 is 0 Å². The fraction of sp³-hybridized carbons (Fsp3) is 1.00. The molecule has 0 unspecified atom stereocenters. The highest BCUT2D eigenvalue weighted by atomic mass is 32.2. The summed E-state index contributed by atoms with van der Waals surface area (Å²) in [5.41, 5.74) is -0.930. The molecule has 1 spiro atoms. The van der Waals surface area contributed by atoms with E-state index in [4.69, 9.17) is 9.47 Å². The molecule has 3 saturated heterocycles. The molecule has 4 rings (SSSR count). The summed E-state index contributed by atoms with van der Waals surface area (Å²) >= 11 is 4.03. The first-order chi connectivity index (χ1) is 9.98. The number of hydrogen-bond acceptors (Lipinski definition) is 5. The van der Waals surface area contributed by atoms with Gasteiger partial charge in [0.15, 0.2) is 0 Å². The van der Waals surface area contributed by atoms with E-state index < -0.39 is 5.60 Å². The van der Waals surface area contributed by atoms with Gasteiger partial charge in [-0.05, 0) is 19.8 Å². The first kappa shape index (κ1) is 15.1. The van der Waals surface area contributed by atoms with E-state index in [2.05, 4.69) is 20.8 Å². The zero-order valence-electron chi connectivity index (χ0n) is 13.1. The summed E-state index contributed by atoms with van der Waals surface area (Å²) in [4.78, 5) is 0. The third-order valence-electron chi connectivity index (χ3n) is 6.53. The molecule has 1 saturated carbocycles. The highest BCUT2D eigenvalue weighted by molar-refractivity contribution is 8.21.